The highest BCUT2D eigenvalue weighted by molar-refractivity contribution is 7.15. The van der Waals surface area contributed by atoms with Gasteiger partial charge in [-0.2, -0.15) is 0 Å². The van der Waals surface area contributed by atoms with Gasteiger partial charge in [-0.3, -0.25) is 4.79 Å². The summed E-state index contributed by atoms with van der Waals surface area (Å²) in [5.41, 5.74) is 2.81. The summed E-state index contributed by atoms with van der Waals surface area (Å²) >= 11 is 1.68. The molecular formula is C19H22N4OS. The highest BCUT2D eigenvalue weighted by Gasteiger charge is 2.14. The van der Waals surface area contributed by atoms with Crippen molar-refractivity contribution >= 4 is 17.2 Å². The summed E-state index contributed by atoms with van der Waals surface area (Å²) in [6, 6.07) is 7.82. The van der Waals surface area contributed by atoms with Crippen LogP contribution in [0.2, 0.25) is 0 Å². The van der Waals surface area contributed by atoms with Gasteiger partial charge in [0.05, 0.1) is 21.9 Å². The molecule has 1 aromatic carbocycles. The molecule has 25 heavy (non-hydrogen) atoms. The Labute approximate surface area is 151 Å². The number of amides is 1. The minimum atomic E-state index is -0.0456. The van der Waals surface area contributed by atoms with E-state index in [1.54, 1.807) is 23.9 Å². The van der Waals surface area contributed by atoms with Crippen LogP contribution in [-0.4, -0.2) is 26.5 Å². The SMILES string of the molecule is CC[C@@H](Cn1ccnc1)NC(=O)c1ccc(-c2sc(C)nc2C)cc1. The largest absolute Gasteiger partial charge is 0.348 e. The Bertz CT molecular complexity index is 837. The van der Waals surface area contributed by atoms with Gasteiger partial charge in [-0.1, -0.05) is 19.1 Å². The molecule has 0 aliphatic carbocycles. The van der Waals surface area contributed by atoms with Crippen LogP contribution in [0.5, 0.6) is 0 Å². The highest BCUT2D eigenvalue weighted by Crippen LogP contribution is 2.29. The van der Waals surface area contributed by atoms with Crippen LogP contribution < -0.4 is 5.32 Å². The molecule has 3 aromatic rings. The topological polar surface area (TPSA) is 59.8 Å². The zero-order valence-electron chi connectivity index (χ0n) is 14.7. The monoisotopic (exact) mass is 354 g/mol. The van der Waals surface area contributed by atoms with E-state index in [9.17, 15) is 4.79 Å². The molecule has 0 aliphatic heterocycles. The first-order valence-electron chi connectivity index (χ1n) is 8.38. The summed E-state index contributed by atoms with van der Waals surface area (Å²) in [6.45, 7) is 6.81. The van der Waals surface area contributed by atoms with E-state index < -0.39 is 0 Å². The number of nitrogens with zero attached hydrogens (tertiary/aromatic N) is 3. The fraction of sp³-hybridized carbons (Fsp3) is 0.316. The molecule has 2 heterocycles. The Morgan fingerprint density at radius 3 is 2.60 bits per heavy atom. The molecule has 6 heteroatoms. The molecule has 0 unspecified atom stereocenters. The van der Waals surface area contributed by atoms with Crippen molar-refractivity contribution in [2.45, 2.75) is 39.8 Å². The predicted molar refractivity (Wildman–Crippen MR) is 101 cm³/mol. The number of carbonyl (C=O) groups excluding carboxylic acids is 1. The van der Waals surface area contributed by atoms with Crippen LogP contribution in [0.4, 0.5) is 0 Å². The molecule has 0 radical (unpaired) electrons. The molecule has 5 nitrogen and oxygen atoms in total. The molecule has 1 atom stereocenters. The number of aryl methyl sites for hydroxylation is 2. The summed E-state index contributed by atoms with van der Waals surface area (Å²) < 4.78 is 1.98. The van der Waals surface area contributed by atoms with Crippen LogP contribution in [0, 0.1) is 13.8 Å². The molecule has 2 aromatic heterocycles. The summed E-state index contributed by atoms with van der Waals surface area (Å²) in [4.78, 5) is 22.2. The summed E-state index contributed by atoms with van der Waals surface area (Å²) in [6.07, 6.45) is 6.28. The zero-order valence-corrected chi connectivity index (χ0v) is 15.5. The van der Waals surface area contributed by atoms with Gasteiger partial charge in [-0.05, 0) is 38.0 Å². The molecule has 130 valence electrons. The highest BCUT2D eigenvalue weighted by atomic mass is 32.1. The number of carbonyl (C=O) groups is 1. The molecule has 1 N–H and O–H groups in total. The molecule has 0 saturated carbocycles. The average Bonchev–Trinajstić information content (AvgIpc) is 3.23. The first-order chi connectivity index (χ1) is 12.1. The van der Waals surface area contributed by atoms with Gasteiger partial charge in [0.15, 0.2) is 0 Å². The Hall–Kier alpha value is -2.47. The lowest BCUT2D eigenvalue weighted by Gasteiger charge is -2.17. The first kappa shape index (κ1) is 17.4. The summed E-state index contributed by atoms with van der Waals surface area (Å²) in [7, 11) is 0. The number of rotatable bonds is 6. The molecule has 1 amide bonds. The van der Waals surface area contributed by atoms with Gasteiger partial charge >= 0.3 is 0 Å². The smallest absolute Gasteiger partial charge is 0.251 e. The van der Waals surface area contributed by atoms with E-state index in [0.717, 1.165) is 34.1 Å². The molecule has 3 rings (SSSR count). The third kappa shape index (κ3) is 4.14. The van der Waals surface area contributed by atoms with E-state index in [1.807, 2.05) is 48.9 Å². The number of nitrogens with one attached hydrogen (secondary N) is 1. The Morgan fingerprint density at radius 2 is 2.04 bits per heavy atom. The Balaban J connectivity index is 1.68. The number of aromatic nitrogens is 3. The molecule has 0 fully saturated rings. The first-order valence-corrected chi connectivity index (χ1v) is 9.19. The fourth-order valence-corrected chi connectivity index (χ4v) is 3.69. The number of hydrogen-bond donors (Lipinski definition) is 1. The van der Waals surface area contributed by atoms with Gasteiger partial charge in [-0.15, -0.1) is 11.3 Å². The summed E-state index contributed by atoms with van der Waals surface area (Å²) in [5.74, 6) is -0.0456. The normalized spacial score (nSPS) is 12.1. The quantitative estimate of drug-likeness (QED) is 0.732. The van der Waals surface area contributed by atoms with Gasteiger partial charge in [0.1, 0.15) is 0 Å². The fourth-order valence-electron chi connectivity index (χ4n) is 2.77. The van der Waals surface area contributed by atoms with E-state index >= 15 is 0 Å². The second kappa shape index (κ2) is 7.61. The number of benzene rings is 1. The third-order valence-corrected chi connectivity index (χ3v) is 5.25. The zero-order chi connectivity index (χ0) is 17.8. The standard InChI is InChI=1S/C19H22N4OS/c1-4-17(11-23-10-9-20-12-23)22-19(24)16-7-5-15(6-8-16)18-13(2)21-14(3)25-18/h5-10,12,17H,4,11H2,1-3H3,(H,22,24)/t17-/m0/s1. The number of imidazole rings is 1. The maximum atomic E-state index is 12.5. The molecule has 0 saturated heterocycles. The van der Waals surface area contributed by atoms with Gasteiger partial charge in [0.25, 0.3) is 5.91 Å². The second-order valence-electron chi connectivity index (χ2n) is 6.06. The van der Waals surface area contributed by atoms with Crippen molar-refractivity contribution in [2.75, 3.05) is 0 Å². The Kier molecular flexibility index (Phi) is 5.28. The molecule has 0 aliphatic rings. The lowest BCUT2D eigenvalue weighted by molar-refractivity contribution is 0.0932. The van der Waals surface area contributed by atoms with E-state index in [2.05, 4.69) is 22.2 Å². The number of thiazole rings is 1. The summed E-state index contributed by atoms with van der Waals surface area (Å²) in [5, 5.41) is 4.15. The molecular weight excluding hydrogens is 332 g/mol. The minimum Gasteiger partial charge on any atom is -0.348 e. The van der Waals surface area contributed by atoms with Gasteiger partial charge in [0, 0.05) is 30.5 Å². The van der Waals surface area contributed by atoms with Crippen molar-refractivity contribution in [1.82, 2.24) is 19.9 Å². The van der Waals surface area contributed by atoms with Crippen molar-refractivity contribution < 1.29 is 4.79 Å². The van der Waals surface area contributed by atoms with E-state index in [1.165, 1.54) is 0 Å². The minimum absolute atomic E-state index is 0.0456. The average molecular weight is 354 g/mol. The molecule has 0 bridgehead atoms. The maximum absolute atomic E-state index is 12.5. The Morgan fingerprint density at radius 1 is 1.28 bits per heavy atom. The van der Waals surface area contributed by atoms with Crippen LogP contribution >= 0.6 is 11.3 Å². The van der Waals surface area contributed by atoms with Crippen LogP contribution in [0.15, 0.2) is 43.0 Å². The van der Waals surface area contributed by atoms with Crippen LogP contribution in [-0.2, 0) is 6.54 Å². The number of hydrogen-bond acceptors (Lipinski definition) is 4. The van der Waals surface area contributed by atoms with Crippen molar-refractivity contribution in [1.29, 1.82) is 0 Å². The second-order valence-corrected chi connectivity index (χ2v) is 7.27. The third-order valence-electron chi connectivity index (χ3n) is 4.13. The van der Waals surface area contributed by atoms with Crippen molar-refractivity contribution in [2.24, 2.45) is 0 Å². The lowest BCUT2D eigenvalue weighted by Crippen LogP contribution is -2.37. The van der Waals surface area contributed by atoms with Gasteiger partial charge < -0.3 is 9.88 Å². The van der Waals surface area contributed by atoms with Crippen LogP contribution in [0.3, 0.4) is 0 Å². The van der Waals surface area contributed by atoms with E-state index in [0.29, 0.717) is 5.56 Å². The van der Waals surface area contributed by atoms with E-state index in [-0.39, 0.29) is 11.9 Å². The van der Waals surface area contributed by atoms with Crippen LogP contribution in [0.1, 0.15) is 34.4 Å². The van der Waals surface area contributed by atoms with Gasteiger partial charge in [-0.25, -0.2) is 9.97 Å². The lowest BCUT2D eigenvalue weighted by atomic mass is 10.1. The van der Waals surface area contributed by atoms with E-state index in [4.69, 9.17) is 0 Å². The van der Waals surface area contributed by atoms with Crippen molar-refractivity contribution in [3.05, 3.63) is 59.3 Å². The van der Waals surface area contributed by atoms with Crippen molar-refractivity contribution in [3.63, 3.8) is 0 Å². The predicted octanol–water partition coefficient (Wildman–Crippen LogP) is 3.83. The molecule has 0 spiro atoms. The van der Waals surface area contributed by atoms with Gasteiger partial charge in [0.2, 0.25) is 0 Å². The van der Waals surface area contributed by atoms with Crippen molar-refractivity contribution in [3.8, 4) is 10.4 Å². The van der Waals surface area contributed by atoms with Crippen LogP contribution in [0.25, 0.3) is 10.4 Å². The maximum Gasteiger partial charge on any atom is 0.251 e.